The predicted octanol–water partition coefficient (Wildman–Crippen LogP) is 0.225. The van der Waals surface area contributed by atoms with Gasteiger partial charge < -0.3 is 20.4 Å². The van der Waals surface area contributed by atoms with Gasteiger partial charge in [0.05, 0.1) is 0 Å². The number of nitrogens with one attached hydrogen (secondary N) is 1. The number of hydrogen-bond acceptors (Lipinski definition) is 6. The Labute approximate surface area is 112 Å². The van der Waals surface area contributed by atoms with Crippen LogP contribution in [0.1, 0.15) is 0 Å². The van der Waals surface area contributed by atoms with Crippen molar-refractivity contribution in [3.63, 3.8) is 0 Å². The third-order valence-corrected chi connectivity index (χ3v) is 2.31. The number of aromatic nitrogens is 2. The Morgan fingerprint density at radius 1 is 1.35 bits per heavy atom. The van der Waals surface area contributed by atoms with E-state index in [1.54, 1.807) is 6.20 Å². The van der Waals surface area contributed by atoms with Gasteiger partial charge in [-0.05, 0) is 6.07 Å². The Kier molecular flexibility index (Phi) is 5.50. The van der Waals surface area contributed by atoms with Crippen molar-refractivity contribution in [2.24, 2.45) is 0 Å². The average Bonchev–Trinajstić information content (AvgIpc) is 2.39. The van der Waals surface area contributed by atoms with Crippen molar-refractivity contribution in [1.82, 2.24) is 15.3 Å². The number of piperazine rings is 1. The average molecular weight is 294 g/mol. The summed E-state index contributed by atoms with van der Waals surface area (Å²) in [5.41, 5.74) is 0. The zero-order valence-corrected chi connectivity index (χ0v) is 10.3. The topological polar surface area (TPSA) is 98.6 Å². The Morgan fingerprint density at radius 3 is 2.35 bits per heavy atom. The number of halogens is 3. The number of carbonyl (C=O) groups is 1. The standard InChI is InChI=1S/C8H12N4O.C2HF3O2/c13-8-10-2-1-7(11-8)12-5-3-9-4-6-12;3-2(4,5)1(6)7/h1-2,9H,3-6H2,(H,10,11,13);(H,6,7). The van der Waals surface area contributed by atoms with Crippen molar-refractivity contribution in [3.05, 3.63) is 12.3 Å². The number of nitrogens with zero attached hydrogens (tertiary/aromatic N) is 3. The molecule has 10 heteroatoms. The van der Waals surface area contributed by atoms with Crippen molar-refractivity contribution in [1.29, 1.82) is 0 Å². The van der Waals surface area contributed by atoms with E-state index in [-0.39, 0.29) is 6.01 Å². The maximum absolute atomic E-state index is 10.6. The van der Waals surface area contributed by atoms with Crippen LogP contribution in [0.2, 0.25) is 0 Å². The lowest BCUT2D eigenvalue weighted by atomic mass is 10.3. The van der Waals surface area contributed by atoms with Crippen LogP contribution in [0.15, 0.2) is 12.3 Å². The first-order valence-corrected chi connectivity index (χ1v) is 5.58. The Hall–Kier alpha value is -2.10. The molecule has 0 aliphatic carbocycles. The molecule has 0 aromatic carbocycles. The summed E-state index contributed by atoms with van der Waals surface area (Å²) >= 11 is 0. The lowest BCUT2D eigenvalue weighted by molar-refractivity contribution is -0.192. The van der Waals surface area contributed by atoms with Gasteiger partial charge >= 0.3 is 18.2 Å². The van der Waals surface area contributed by atoms with E-state index in [0.29, 0.717) is 0 Å². The summed E-state index contributed by atoms with van der Waals surface area (Å²) < 4.78 is 31.7. The number of carboxylic acids is 1. The van der Waals surface area contributed by atoms with Crippen LogP contribution in [0.25, 0.3) is 0 Å². The fourth-order valence-corrected chi connectivity index (χ4v) is 1.41. The summed E-state index contributed by atoms with van der Waals surface area (Å²) in [7, 11) is 0. The molecule has 0 bridgehead atoms. The minimum Gasteiger partial charge on any atom is -0.479 e. The van der Waals surface area contributed by atoms with Crippen molar-refractivity contribution in [3.8, 4) is 6.01 Å². The molecule has 1 aliphatic rings. The summed E-state index contributed by atoms with van der Waals surface area (Å²) in [6, 6.07) is 1.65. The van der Waals surface area contributed by atoms with E-state index >= 15 is 0 Å². The van der Waals surface area contributed by atoms with Gasteiger partial charge in [-0.2, -0.15) is 18.2 Å². The highest BCUT2D eigenvalue weighted by Crippen LogP contribution is 2.13. The number of carboxylic acid groups (broad SMARTS) is 1. The number of rotatable bonds is 1. The van der Waals surface area contributed by atoms with Crippen LogP contribution < -0.4 is 10.2 Å². The lowest BCUT2D eigenvalue weighted by Crippen LogP contribution is -2.43. The molecule has 0 amide bonds. The summed E-state index contributed by atoms with van der Waals surface area (Å²) in [5.74, 6) is -1.96. The third-order valence-electron chi connectivity index (χ3n) is 2.31. The molecule has 0 spiro atoms. The molecule has 0 saturated carbocycles. The number of anilines is 1. The molecule has 1 aromatic heterocycles. The normalized spacial score (nSPS) is 15.2. The van der Waals surface area contributed by atoms with E-state index in [9.17, 15) is 13.2 Å². The van der Waals surface area contributed by atoms with Crippen LogP contribution in [0, 0.1) is 0 Å². The summed E-state index contributed by atoms with van der Waals surface area (Å²) in [4.78, 5) is 18.6. The van der Waals surface area contributed by atoms with E-state index < -0.39 is 12.1 Å². The zero-order valence-electron chi connectivity index (χ0n) is 10.3. The molecular weight excluding hydrogens is 281 g/mol. The molecule has 2 rings (SSSR count). The van der Waals surface area contributed by atoms with Gasteiger partial charge in [0.2, 0.25) is 0 Å². The second-order valence-electron chi connectivity index (χ2n) is 3.75. The van der Waals surface area contributed by atoms with E-state index in [0.717, 1.165) is 32.0 Å². The highest BCUT2D eigenvalue weighted by molar-refractivity contribution is 5.73. The monoisotopic (exact) mass is 294 g/mol. The highest BCUT2D eigenvalue weighted by atomic mass is 19.4. The minimum atomic E-state index is -5.08. The van der Waals surface area contributed by atoms with Crippen molar-refractivity contribution in [2.75, 3.05) is 31.1 Å². The second kappa shape index (κ2) is 6.89. The Bertz CT molecular complexity index is 450. The molecule has 0 unspecified atom stereocenters. The van der Waals surface area contributed by atoms with Gasteiger partial charge in [-0.3, -0.25) is 0 Å². The maximum Gasteiger partial charge on any atom is 0.490 e. The van der Waals surface area contributed by atoms with Crippen LogP contribution in [0.5, 0.6) is 6.01 Å². The van der Waals surface area contributed by atoms with Crippen LogP contribution in [0.4, 0.5) is 19.0 Å². The third kappa shape index (κ3) is 5.26. The zero-order chi connectivity index (χ0) is 15.2. The molecule has 0 radical (unpaired) electrons. The first-order valence-electron chi connectivity index (χ1n) is 5.58. The lowest BCUT2D eigenvalue weighted by Gasteiger charge is -2.28. The molecule has 1 fully saturated rings. The maximum atomic E-state index is 10.6. The van der Waals surface area contributed by atoms with Gasteiger partial charge in [-0.1, -0.05) is 0 Å². The SMILES string of the molecule is O=C(O)C(F)(F)F.Oc1nccc(N2CCNCC2)n1. The first kappa shape index (κ1) is 16.0. The van der Waals surface area contributed by atoms with Crippen molar-refractivity contribution < 1.29 is 28.2 Å². The fraction of sp³-hybridized carbons (Fsp3) is 0.500. The molecule has 7 nitrogen and oxygen atoms in total. The molecular formula is C10H13F3N4O3. The number of hydrogen-bond donors (Lipinski definition) is 3. The van der Waals surface area contributed by atoms with Gasteiger partial charge in [0.1, 0.15) is 5.82 Å². The quantitative estimate of drug-likeness (QED) is 0.681. The van der Waals surface area contributed by atoms with Crippen LogP contribution in [-0.4, -0.2) is 58.5 Å². The van der Waals surface area contributed by atoms with Gasteiger partial charge in [0, 0.05) is 32.4 Å². The second-order valence-corrected chi connectivity index (χ2v) is 3.75. The molecule has 1 saturated heterocycles. The largest absolute Gasteiger partial charge is 0.490 e. The first-order chi connectivity index (χ1) is 9.30. The Morgan fingerprint density at radius 2 is 1.90 bits per heavy atom. The summed E-state index contributed by atoms with van der Waals surface area (Å²) in [5, 5.41) is 19.5. The van der Waals surface area contributed by atoms with Crippen LogP contribution >= 0.6 is 0 Å². The number of aromatic hydroxyl groups is 1. The summed E-state index contributed by atoms with van der Waals surface area (Å²) in [6.07, 6.45) is -3.51. The van der Waals surface area contributed by atoms with Crippen LogP contribution in [-0.2, 0) is 4.79 Å². The van der Waals surface area contributed by atoms with Crippen molar-refractivity contribution >= 4 is 11.8 Å². The predicted molar refractivity (Wildman–Crippen MR) is 62.5 cm³/mol. The van der Waals surface area contributed by atoms with Gasteiger partial charge in [-0.15, -0.1) is 0 Å². The highest BCUT2D eigenvalue weighted by Gasteiger charge is 2.38. The fourth-order valence-electron chi connectivity index (χ4n) is 1.41. The molecule has 2 heterocycles. The minimum absolute atomic E-state index is 0.156. The molecule has 20 heavy (non-hydrogen) atoms. The van der Waals surface area contributed by atoms with E-state index in [1.165, 1.54) is 0 Å². The van der Waals surface area contributed by atoms with E-state index in [2.05, 4.69) is 20.2 Å². The molecule has 112 valence electrons. The van der Waals surface area contributed by atoms with Gasteiger partial charge in [-0.25, -0.2) is 9.78 Å². The van der Waals surface area contributed by atoms with Crippen molar-refractivity contribution in [2.45, 2.75) is 6.18 Å². The molecule has 0 atom stereocenters. The van der Waals surface area contributed by atoms with Gasteiger partial charge in [0.15, 0.2) is 0 Å². The molecule has 1 aromatic rings. The number of alkyl halides is 3. The smallest absolute Gasteiger partial charge is 0.479 e. The number of aliphatic carboxylic acids is 1. The van der Waals surface area contributed by atoms with Gasteiger partial charge in [0.25, 0.3) is 0 Å². The van der Waals surface area contributed by atoms with E-state index in [4.69, 9.17) is 15.0 Å². The molecule has 3 N–H and O–H groups in total. The summed E-state index contributed by atoms with van der Waals surface area (Å²) in [6.45, 7) is 3.78. The molecule has 1 aliphatic heterocycles. The van der Waals surface area contributed by atoms with Crippen LogP contribution in [0.3, 0.4) is 0 Å². The van der Waals surface area contributed by atoms with E-state index in [1.807, 2.05) is 6.07 Å². The Balaban J connectivity index is 0.000000246.